The van der Waals surface area contributed by atoms with Crippen LogP contribution in [0.1, 0.15) is 20.3 Å². The van der Waals surface area contributed by atoms with Crippen molar-refractivity contribution in [3.63, 3.8) is 0 Å². The molecule has 3 rings (SSSR count). The topological polar surface area (TPSA) is 113 Å². The number of aromatic nitrogens is 2. The summed E-state index contributed by atoms with van der Waals surface area (Å²) in [6.45, 7) is 7.26. The maximum absolute atomic E-state index is 12.7. The zero-order chi connectivity index (χ0) is 21.2. The predicted molar refractivity (Wildman–Crippen MR) is 109 cm³/mol. The van der Waals surface area contributed by atoms with Gasteiger partial charge in [0.2, 0.25) is 5.91 Å². The number of nitrogens with one attached hydrogen (secondary N) is 2. The molecule has 0 bridgehead atoms. The van der Waals surface area contributed by atoms with Crippen molar-refractivity contribution >= 4 is 40.5 Å². The lowest BCUT2D eigenvalue weighted by Crippen LogP contribution is -2.49. The number of carbonyl (C=O) groups excluding carboxylic acids is 3. The summed E-state index contributed by atoms with van der Waals surface area (Å²) >= 11 is 1.04. The summed E-state index contributed by atoms with van der Waals surface area (Å²) in [7, 11) is 0. The second-order valence-corrected chi connectivity index (χ2v) is 7.64. The Hall–Kier alpha value is -3.14. The molecule has 1 aromatic heterocycles. The van der Waals surface area contributed by atoms with Crippen LogP contribution in [0.5, 0.6) is 0 Å². The van der Waals surface area contributed by atoms with Gasteiger partial charge < -0.3 is 5.32 Å². The van der Waals surface area contributed by atoms with E-state index in [0.717, 1.165) is 11.8 Å². The number of rotatable bonds is 7. The maximum Gasteiger partial charge on any atom is 0.344 e. The average Bonchev–Trinajstić information content (AvgIpc) is 2.92. The number of fused-ring (bicyclic) bond motifs is 1. The molecule has 152 valence electrons. The molecule has 1 atom stereocenters. The number of urea groups is 1. The van der Waals surface area contributed by atoms with Gasteiger partial charge in [-0.1, -0.05) is 36.9 Å². The highest BCUT2D eigenvalue weighted by Crippen LogP contribution is 2.20. The normalized spacial score (nSPS) is 18.8. The van der Waals surface area contributed by atoms with Gasteiger partial charge in [0, 0.05) is 6.54 Å². The van der Waals surface area contributed by atoms with Gasteiger partial charge in [0.1, 0.15) is 5.54 Å². The van der Waals surface area contributed by atoms with Gasteiger partial charge in [-0.2, -0.15) is 5.01 Å². The minimum Gasteiger partial charge on any atom is -0.322 e. The Morgan fingerprint density at radius 2 is 2.07 bits per heavy atom. The van der Waals surface area contributed by atoms with Gasteiger partial charge in [0.05, 0.1) is 16.7 Å². The molecule has 9 nitrogen and oxygen atoms in total. The molecule has 1 aliphatic rings. The van der Waals surface area contributed by atoms with E-state index in [4.69, 9.17) is 0 Å². The van der Waals surface area contributed by atoms with Crippen LogP contribution in [0.25, 0.3) is 10.9 Å². The van der Waals surface area contributed by atoms with Crippen molar-refractivity contribution in [2.45, 2.75) is 37.5 Å². The molecule has 1 fully saturated rings. The van der Waals surface area contributed by atoms with Crippen molar-refractivity contribution in [2.24, 2.45) is 0 Å². The van der Waals surface area contributed by atoms with Gasteiger partial charge in [-0.25, -0.2) is 9.78 Å². The lowest BCUT2D eigenvalue weighted by atomic mass is 10.00. The van der Waals surface area contributed by atoms with Gasteiger partial charge >= 0.3 is 6.03 Å². The van der Waals surface area contributed by atoms with Crippen LogP contribution in [0.15, 0.2) is 46.9 Å². The number of amides is 4. The zero-order valence-electron chi connectivity index (χ0n) is 16.1. The molecule has 2 heterocycles. The number of imide groups is 1. The summed E-state index contributed by atoms with van der Waals surface area (Å²) < 4.78 is 1.43. The third kappa shape index (κ3) is 3.88. The van der Waals surface area contributed by atoms with E-state index in [0.29, 0.717) is 27.5 Å². The van der Waals surface area contributed by atoms with E-state index in [2.05, 4.69) is 22.3 Å². The Kier molecular flexibility index (Phi) is 5.73. The standard InChI is InChI=1S/C19H21N5O4S/c1-4-10-23-15(26)12-8-6-7-9-13(12)20-18(23)29-11-14(25)22-24-16(27)19(3,5-2)21-17(24)28/h4,6-9H,1,5,10-11H2,2-3H3,(H,21,28)(H,22,25)/t19-/m0/s1. The number of hydrazine groups is 1. The molecular weight excluding hydrogens is 394 g/mol. The van der Waals surface area contributed by atoms with Gasteiger partial charge in [0.25, 0.3) is 11.5 Å². The summed E-state index contributed by atoms with van der Waals surface area (Å²) in [6, 6.07) is 6.26. The summed E-state index contributed by atoms with van der Waals surface area (Å²) in [5.74, 6) is -1.22. The molecule has 1 aliphatic heterocycles. The van der Waals surface area contributed by atoms with Crippen LogP contribution in [-0.4, -0.2) is 43.7 Å². The van der Waals surface area contributed by atoms with Gasteiger partial charge in [-0.15, -0.1) is 6.58 Å². The molecule has 2 N–H and O–H groups in total. The fraction of sp³-hybridized carbons (Fsp3) is 0.316. The highest BCUT2D eigenvalue weighted by molar-refractivity contribution is 7.99. The van der Waals surface area contributed by atoms with E-state index in [1.165, 1.54) is 4.57 Å². The van der Waals surface area contributed by atoms with Gasteiger partial charge in [-0.05, 0) is 25.5 Å². The minimum absolute atomic E-state index is 0.137. The molecule has 0 unspecified atom stereocenters. The van der Waals surface area contributed by atoms with Crippen LogP contribution in [0.3, 0.4) is 0 Å². The summed E-state index contributed by atoms with van der Waals surface area (Å²) in [5.41, 5.74) is 1.57. The first-order valence-electron chi connectivity index (χ1n) is 9.00. The lowest BCUT2D eigenvalue weighted by Gasteiger charge is -2.19. The first kappa shape index (κ1) is 20.6. The van der Waals surface area contributed by atoms with Gasteiger partial charge in [-0.3, -0.25) is 24.4 Å². The Labute approximate surface area is 171 Å². The molecule has 0 spiro atoms. The van der Waals surface area contributed by atoms with Crippen molar-refractivity contribution in [3.05, 3.63) is 47.3 Å². The number of hydrogen-bond donors (Lipinski definition) is 2. The number of benzene rings is 1. The highest BCUT2D eigenvalue weighted by atomic mass is 32.2. The fourth-order valence-corrected chi connectivity index (χ4v) is 3.66. The molecule has 10 heteroatoms. The second-order valence-electron chi connectivity index (χ2n) is 6.70. The second kappa shape index (κ2) is 8.08. The monoisotopic (exact) mass is 415 g/mol. The maximum atomic E-state index is 12.7. The largest absolute Gasteiger partial charge is 0.344 e. The van der Waals surface area contributed by atoms with Crippen LogP contribution < -0.4 is 16.3 Å². The van der Waals surface area contributed by atoms with E-state index in [1.807, 2.05) is 0 Å². The SMILES string of the molecule is C=CCn1c(SCC(=O)NN2C(=O)N[C@@](C)(CC)C2=O)nc2ccccc2c1=O. The number of hydrogen-bond acceptors (Lipinski definition) is 6. The zero-order valence-corrected chi connectivity index (χ0v) is 16.9. The summed E-state index contributed by atoms with van der Waals surface area (Å²) in [4.78, 5) is 53.9. The minimum atomic E-state index is -1.04. The van der Waals surface area contributed by atoms with Crippen LogP contribution >= 0.6 is 11.8 Å². The van der Waals surface area contributed by atoms with Crippen molar-refractivity contribution in [1.82, 2.24) is 25.3 Å². The Balaban J connectivity index is 1.77. The van der Waals surface area contributed by atoms with Crippen molar-refractivity contribution in [3.8, 4) is 0 Å². The van der Waals surface area contributed by atoms with Crippen LogP contribution in [0.2, 0.25) is 0 Å². The molecule has 2 aromatic rings. The van der Waals surface area contributed by atoms with Crippen LogP contribution in [0, 0.1) is 0 Å². The highest BCUT2D eigenvalue weighted by Gasteiger charge is 2.47. The molecule has 29 heavy (non-hydrogen) atoms. The lowest BCUT2D eigenvalue weighted by molar-refractivity contribution is -0.137. The number of allylic oxidation sites excluding steroid dienone is 1. The third-order valence-corrected chi connectivity index (χ3v) is 5.65. The molecule has 0 saturated carbocycles. The Morgan fingerprint density at radius 1 is 1.34 bits per heavy atom. The summed E-state index contributed by atoms with van der Waals surface area (Å²) in [6.07, 6.45) is 1.97. The van der Waals surface area contributed by atoms with Crippen LogP contribution in [-0.2, 0) is 16.1 Å². The van der Waals surface area contributed by atoms with Crippen molar-refractivity contribution in [1.29, 1.82) is 0 Å². The van der Waals surface area contributed by atoms with E-state index in [1.54, 1.807) is 44.2 Å². The van der Waals surface area contributed by atoms with Gasteiger partial charge in [0.15, 0.2) is 5.16 Å². The molecule has 1 saturated heterocycles. The summed E-state index contributed by atoms with van der Waals surface area (Å²) in [5, 5.41) is 4.07. The fourth-order valence-electron chi connectivity index (χ4n) is 2.86. The number of para-hydroxylation sites is 1. The Bertz CT molecular complexity index is 1070. The molecule has 0 aliphatic carbocycles. The van der Waals surface area contributed by atoms with E-state index >= 15 is 0 Å². The molecule has 1 aromatic carbocycles. The number of nitrogens with zero attached hydrogens (tertiary/aromatic N) is 3. The Morgan fingerprint density at radius 3 is 2.72 bits per heavy atom. The predicted octanol–water partition coefficient (Wildman–Crippen LogP) is 1.43. The molecule has 0 radical (unpaired) electrons. The average molecular weight is 415 g/mol. The molecule has 4 amide bonds. The third-order valence-electron chi connectivity index (χ3n) is 4.68. The number of thioether (sulfide) groups is 1. The van der Waals surface area contributed by atoms with E-state index < -0.39 is 23.4 Å². The van der Waals surface area contributed by atoms with Crippen LogP contribution in [0.4, 0.5) is 4.79 Å². The quantitative estimate of drug-likeness (QED) is 0.306. The van der Waals surface area contributed by atoms with Crippen molar-refractivity contribution < 1.29 is 14.4 Å². The van der Waals surface area contributed by atoms with E-state index in [-0.39, 0.29) is 17.9 Å². The van der Waals surface area contributed by atoms with E-state index in [9.17, 15) is 19.2 Å². The smallest absolute Gasteiger partial charge is 0.322 e. The molecular formula is C19H21N5O4S. The number of carbonyl (C=O) groups is 3. The first-order valence-corrected chi connectivity index (χ1v) is 9.98. The van der Waals surface area contributed by atoms with Crippen molar-refractivity contribution in [2.75, 3.05) is 5.75 Å². The first-order chi connectivity index (χ1) is 13.8.